The van der Waals surface area contributed by atoms with Gasteiger partial charge in [-0.05, 0) is 25.3 Å². The molecule has 7 heteroatoms. The van der Waals surface area contributed by atoms with Crippen LogP contribution in [-0.4, -0.2) is 38.2 Å². The fourth-order valence-corrected chi connectivity index (χ4v) is 1.76. The van der Waals surface area contributed by atoms with Gasteiger partial charge in [-0.2, -0.15) is 5.26 Å². The molecule has 2 rings (SSSR count). The van der Waals surface area contributed by atoms with Gasteiger partial charge in [0.15, 0.2) is 0 Å². The third-order valence-electron chi connectivity index (χ3n) is 3.28. The van der Waals surface area contributed by atoms with Crippen molar-refractivity contribution in [2.75, 3.05) is 20.3 Å². The van der Waals surface area contributed by atoms with Crippen LogP contribution in [0.5, 0.6) is 0 Å². The van der Waals surface area contributed by atoms with Gasteiger partial charge in [0.2, 0.25) is 0 Å². The van der Waals surface area contributed by atoms with Gasteiger partial charge in [-0.1, -0.05) is 56.1 Å². The molecule has 0 N–H and O–H groups in total. The topological polar surface area (TPSA) is 103 Å². The van der Waals surface area contributed by atoms with Crippen LogP contribution in [-0.2, 0) is 28.6 Å². The van der Waals surface area contributed by atoms with Crippen LogP contribution in [0.15, 0.2) is 61.7 Å². The van der Waals surface area contributed by atoms with E-state index in [0.717, 1.165) is 0 Å². The summed E-state index contributed by atoms with van der Waals surface area (Å²) in [6.45, 7) is 12.1. The molecule has 0 saturated carbocycles. The van der Waals surface area contributed by atoms with Crippen LogP contribution in [0, 0.1) is 11.3 Å². The van der Waals surface area contributed by atoms with Crippen molar-refractivity contribution in [2.45, 2.75) is 32.6 Å². The number of benzene rings is 1. The number of methoxy groups -OCH3 is 1. The van der Waals surface area contributed by atoms with E-state index in [1.54, 1.807) is 13.0 Å². The van der Waals surface area contributed by atoms with Crippen LogP contribution >= 0.6 is 0 Å². The number of hydrogen-bond acceptors (Lipinski definition) is 7. The number of rotatable bonds is 2. The maximum Gasteiger partial charge on any atom is 0.332 e. The molecule has 0 spiro atoms. The summed E-state index contributed by atoms with van der Waals surface area (Å²) in [4.78, 5) is 31.8. The Morgan fingerprint density at radius 1 is 1.06 bits per heavy atom. The molecule has 1 heterocycles. The predicted octanol–water partition coefficient (Wildman–Crippen LogP) is 4.41. The molecule has 0 amide bonds. The molecule has 1 fully saturated rings. The normalized spacial score (nSPS) is 12.5. The standard InChI is InChI=1S/C8H12O4.C8H8.C5H8O2.C3H3N/c9-7-3-1-2-4-8(10)12-6-5-11-7;1-2-8-6-4-3-5-7-8;1-4(2)5(6)7-3;1-2-3-4/h1-6H2;2-7H,1H2;1H2,2-3H3;2H,1H2. The minimum atomic E-state index is -0.347. The zero-order valence-corrected chi connectivity index (χ0v) is 18.3. The summed E-state index contributed by atoms with van der Waals surface area (Å²) < 4.78 is 13.8. The van der Waals surface area contributed by atoms with E-state index in [2.05, 4.69) is 24.5 Å². The third-order valence-corrected chi connectivity index (χ3v) is 3.28. The summed E-state index contributed by atoms with van der Waals surface area (Å²) in [7, 11) is 1.33. The molecule has 0 atom stereocenters. The Balaban J connectivity index is 0. The number of nitriles is 1. The van der Waals surface area contributed by atoms with Gasteiger partial charge < -0.3 is 14.2 Å². The summed E-state index contributed by atoms with van der Waals surface area (Å²) in [5.41, 5.74) is 1.61. The molecule has 1 saturated heterocycles. The average molecular weight is 430 g/mol. The Labute approximate surface area is 184 Å². The van der Waals surface area contributed by atoms with Crippen molar-refractivity contribution in [3.63, 3.8) is 0 Å². The van der Waals surface area contributed by atoms with Gasteiger partial charge in [-0.25, -0.2) is 4.79 Å². The number of esters is 3. The second-order valence-corrected chi connectivity index (χ2v) is 5.87. The molecule has 0 aliphatic carbocycles. The monoisotopic (exact) mass is 429 g/mol. The Kier molecular flexibility index (Phi) is 20.1. The molecule has 1 aromatic carbocycles. The number of allylic oxidation sites excluding steroid dienone is 1. The van der Waals surface area contributed by atoms with Gasteiger partial charge in [0, 0.05) is 24.5 Å². The first-order valence-corrected chi connectivity index (χ1v) is 9.55. The van der Waals surface area contributed by atoms with Crippen molar-refractivity contribution >= 4 is 24.0 Å². The number of hydrogen-bond donors (Lipinski definition) is 0. The highest BCUT2D eigenvalue weighted by Gasteiger charge is 2.08. The lowest BCUT2D eigenvalue weighted by Gasteiger charge is -2.08. The average Bonchev–Trinajstić information content (AvgIpc) is 2.80. The summed E-state index contributed by atoms with van der Waals surface area (Å²) in [6.07, 6.45) is 5.24. The molecule has 1 aliphatic rings. The van der Waals surface area contributed by atoms with Crippen LogP contribution in [0.3, 0.4) is 0 Å². The molecule has 0 aromatic heterocycles. The Bertz CT molecular complexity index is 698. The molecule has 0 unspecified atom stereocenters. The molecule has 168 valence electrons. The highest BCUT2D eigenvalue weighted by Crippen LogP contribution is 2.04. The van der Waals surface area contributed by atoms with E-state index in [4.69, 9.17) is 14.7 Å². The number of nitrogens with zero attached hydrogens (tertiary/aromatic N) is 1. The largest absolute Gasteiger partial charge is 0.466 e. The van der Waals surface area contributed by atoms with Crippen LogP contribution < -0.4 is 0 Å². The van der Waals surface area contributed by atoms with Crippen molar-refractivity contribution in [3.8, 4) is 6.07 Å². The molecule has 0 radical (unpaired) electrons. The number of carbonyl (C=O) groups is 3. The Morgan fingerprint density at radius 3 is 1.77 bits per heavy atom. The van der Waals surface area contributed by atoms with E-state index in [1.165, 1.54) is 18.7 Å². The SMILES string of the molecule is C=C(C)C(=O)OC.C=CC#N.C=Cc1ccccc1.O=C1CCCCC(=O)OCCO1. The number of cyclic esters (lactones) is 2. The van der Waals surface area contributed by atoms with Gasteiger partial charge in [0.05, 0.1) is 13.2 Å². The van der Waals surface area contributed by atoms with Gasteiger partial charge >= 0.3 is 17.9 Å². The Hall–Kier alpha value is -3.66. The van der Waals surface area contributed by atoms with Crippen molar-refractivity contribution < 1.29 is 28.6 Å². The number of ether oxygens (including phenoxy) is 3. The minimum absolute atomic E-state index is 0.185. The quantitative estimate of drug-likeness (QED) is 0.297. The van der Waals surface area contributed by atoms with E-state index in [1.807, 2.05) is 36.4 Å². The molecular weight excluding hydrogens is 398 g/mol. The summed E-state index contributed by atoms with van der Waals surface area (Å²) >= 11 is 0. The van der Waals surface area contributed by atoms with Crippen LogP contribution in [0.25, 0.3) is 6.08 Å². The predicted molar refractivity (Wildman–Crippen MR) is 120 cm³/mol. The van der Waals surface area contributed by atoms with Gasteiger partial charge in [-0.3, -0.25) is 9.59 Å². The molecule has 1 aromatic rings. The molecule has 0 bridgehead atoms. The number of carbonyl (C=O) groups excluding carboxylic acids is 3. The first-order chi connectivity index (χ1) is 14.8. The second-order valence-electron chi connectivity index (χ2n) is 5.87. The summed E-state index contributed by atoms with van der Waals surface area (Å²) in [5, 5.41) is 7.51. The molecule has 7 nitrogen and oxygen atoms in total. The zero-order valence-electron chi connectivity index (χ0n) is 18.3. The van der Waals surface area contributed by atoms with Crippen molar-refractivity contribution in [1.82, 2.24) is 0 Å². The van der Waals surface area contributed by atoms with Gasteiger partial charge in [0.25, 0.3) is 0 Å². The lowest BCUT2D eigenvalue weighted by atomic mass is 10.2. The van der Waals surface area contributed by atoms with Gasteiger partial charge in [-0.15, -0.1) is 0 Å². The maximum absolute atomic E-state index is 10.8. The summed E-state index contributed by atoms with van der Waals surface area (Å²) in [5.74, 6) is -0.749. The van der Waals surface area contributed by atoms with E-state index in [-0.39, 0.29) is 31.1 Å². The second kappa shape index (κ2) is 21.1. The van der Waals surface area contributed by atoms with Crippen LogP contribution in [0.4, 0.5) is 0 Å². The highest BCUT2D eigenvalue weighted by atomic mass is 16.6. The van der Waals surface area contributed by atoms with E-state index in [9.17, 15) is 14.4 Å². The lowest BCUT2D eigenvalue weighted by Crippen LogP contribution is -2.15. The van der Waals surface area contributed by atoms with Gasteiger partial charge in [0.1, 0.15) is 13.2 Å². The van der Waals surface area contributed by atoms with Crippen molar-refractivity contribution in [3.05, 3.63) is 67.3 Å². The lowest BCUT2D eigenvalue weighted by molar-refractivity contribution is -0.153. The maximum atomic E-state index is 10.8. The van der Waals surface area contributed by atoms with Crippen molar-refractivity contribution in [2.24, 2.45) is 0 Å². The minimum Gasteiger partial charge on any atom is -0.466 e. The molecule has 1 aliphatic heterocycles. The van der Waals surface area contributed by atoms with E-state index < -0.39 is 0 Å². The fourth-order valence-electron chi connectivity index (χ4n) is 1.76. The highest BCUT2D eigenvalue weighted by molar-refractivity contribution is 5.86. The van der Waals surface area contributed by atoms with E-state index in [0.29, 0.717) is 31.3 Å². The summed E-state index contributed by atoms with van der Waals surface area (Å²) in [6, 6.07) is 11.7. The van der Waals surface area contributed by atoms with Crippen molar-refractivity contribution in [1.29, 1.82) is 5.26 Å². The Morgan fingerprint density at radius 2 is 1.52 bits per heavy atom. The molecular formula is C24H31NO6. The zero-order chi connectivity index (χ0) is 23.9. The molecule has 31 heavy (non-hydrogen) atoms. The third kappa shape index (κ3) is 20.9. The van der Waals surface area contributed by atoms with Crippen LogP contribution in [0.1, 0.15) is 38.2 Å². The first kappa shape index (κ1) is 29.5. The first-order valence-electron chi connectivity index (χ1n) is 9.55. The smallest absolute Gasteiger partial charge is 0.332 e. The van der Waals surface area contributed by atoms with Crippen LogP contribution in [0.2, 0.25) is 0 Å². The van der Waals surface area contributed by atoms with E-state index >= 15 is 0 Å². The fraction of sp³-hybridized carbons (Fsp3) is 0.333.